The Bertz CT molecular complexity index is 295. The smallest absolute Gasteiger partial charge is 0.348 e. The summed E-state index contributed by atoms with van der Waals surface area (Å²) in [6.07, 6.45) is -0.279. The number of carbonyl (C=O) groups excluding carboxylic acids is 2. The van der Waals surface area contributed by atoms with E-state index in [1.807, 2.05) is 13.8 Å². The molecule has 0 aromatic carbocycles. The zero-order valence-corrected chi connectivity index (χ0v) is 10.1. The molecule has 5 heteroatoms. The van der Waals surface area contributed by atoms with Crippen LogP contribution in [0, 0.1) is 5.92 Å². The Morgan fingerprint density at radius 1 is 1.56 bits per heavy atom. The average molecular weight is 229 g/mol. The van der Waals surface area contributed by atoms with Crippen LogP contribution in [0.25, 0.3) is 0 Å². The lowest BCUT2D eigenvalue weighted by Gasteiger charge is -2.21. The van der Waals surface area contributed by atoms with Crippen LogP contribution in [0.5, 0.6) is 0 Å². The summed E-state index contributed by atoms with van der Waals surface area (Å²) in [5.41, 5.74) is 4.50. The highest BCUT2D eigenvalue weighted by atomic mass is 16.6. The summed E-state index contributed by atoms with van der Waals surface area (Å²) in [7, 11) is 0. The number of cyclic esters (lactones) is 1. The van der Waals surface area contributed by atoms with Crippen LogP contribution in [0.3, 0.4) is 0 Å². The van der Waals surface area contributed by atoms with Gasteiger partial charge in [-0.3, -0.25) is 4.79 Å². The standard InChI is InChI=1S/C11H19NO4/c1-5-7-6(2)8(9(13)15-7)16-10(14)11(3,4)12/h6-8H,5,12H2,1-4H3. The lowest BCUT2D eigenvalue weighted by molar-refractivity contribution is -0.164. The largest absolute Gasteiger partial charge is 0.459 e. The first kappa shape index (κ1) is 13.0. The predicted molar refractivity (Wildman–Crippen MR) is 57.5 cm³/mol. The normalized spacial score (nSPS) is 30.1. The third kappa shape index (κ3) is 2.52. The summed E-state index contributed by atoms with van der Waals surface area (Å²) in [5.74, 6) is -1.18. The van der Waals surface area contributed by atoms with Crippen LogP contribution >= 0.6 is 0 Å². The Morgan fingerprint density at radius 2 is 2.12 bits per heavy atom. The van der Waals surface area contributed by atoms with E-state index in [9.17, 15) is 9.59 Å². The van der Waals surface area contributed by atoms with Gasteiger partial charge in [-0.15, -0.1) is 0 Å². The maximum atomic E-state index is 11.6. The molecule has 1 aliphatic heterocycles. The highest BCUT2D eigenvalue weighted by Gasteiger charge is 2.44. The summed E-state index contributed by atoms with van der Waals surface area (Å²) in [5, 5.41) is 0. The van der Waals surface area contributed by atoms with Gasteiger partial charge in [-0.25, -0.2) is 4.79 Å². The SMILES string of the molecule is CCC1OC(=O)C(OC(=O)C(C)(C)N)C1C. The molecule has 16 heavy (non-hydrogen) atoms. The molecule has 2 N–H and O–H groups in total. The second-order valence-electron chi connectivity index (χ2n) is 4.79. The Labute approximate surface area is 95.3 Å². The van der Waals surface area contributed by atoms with Crippen LogP contribution in [-0.4, -0.2) is 29.7 Å². The molecule has 0 aliphatic carbocycles. The zero-order valence-electron chi connectivity index (χ0n) is 10.1. The molecule has 1 aliphatic rings. The van der Waals surface area contributed by atoms with Crippen molar-refractivity contribution in [2.45, 2.75) is 51.9 Å². The molecular formula is C11H19NO4. The molecule has 0 radical (unpaired) electrons. The highest BCUT2D eigenvalue weighted by Crippen LogP contribution is 2.27. The lowest BCUT2D eigenvalue weighted by Crippen LogP contribution is -2.46. The van der Waals surface area contributed by atoms with Crippen molar-refractivity contribution in [2.75, 3.05) is 0 Å². The topological polar surface area (TPSA) is 78.6 Å². The fourth-order valence-electron chi connectivity index (χ4n) is 1.61. The molecule has 0 saturated carbocycles. The van der Waals surface area contributed by atoms with Gasteiger partial charge in [0.15, 0.2) is 0 Å². The fourth-order valence-corrected chi connectivity index (χ4v) is 1.61. The molecule has 3 atom stereocenters. The van der Waals surface area contributed by atoms with Gasteiger partial charge in [0.25, 0.3) is 0 Å². The van der Waals surface area contributed by atoms with Crippen LogP contribution in [0.2, 0.25) is 0 Å². The molecule has 1 saturated heterocycles. The molecule has 1 rings (SSSR count). The molecule has 0 aromatic rings. The van der Waals surface area contributed by atoms with E-state index in [0.717, 1.165) is 0 Å². The third-order valence-corrected chi connectivity index (χ3v) is 2.73. The van der Waals surface area contributed by atoms with Crippen molar-refractivity contribution in [3.8, 4) is 0 Å². The number of carbonyl (C=O) groups is 2. The molecule has 1 fully saturated rings. The first-order valence-corrected chi connectivity index (χ1v) is 5.47. The maximum absolute atomic E-state index is 11.6. The highest BCUT2D eigenvalue weighted by molar-refractivity contribution is 5.85. The summed E-state index contributed by atoms with van der Waals surface area (Å²) in [6, 6.07) is 0. The van der Waals surface area contributed by atoms with Crippen LogP contribution in [0.1, 0.15) is 34.1 Å². The van der Waals surface area contributed by atoms with Gasteiger partial charge in [0.05, 0.1) is 0 Å². The molecule has 0 spiro atoms. The second kappa shape index (κ2) is 4.41. The molecule has 0 bridgehead atoms. The number of hydrogen-bond donors (Lipinski definition) is 1. The van der Waals surface area contributed by atoms with E-state index in [-0.39, 0.29) is 12.0 Å². The number of hydrogen-bond acceptors (Lipinski definition) is 5. The van der Waals surface area contributed by atoms with Gasteiger partial charge >= 0.3 is 11.9 Å². The second-order valence-corrected chi connectivity index (χ2v) is 4.79. The van der Waals surface area contributed by atoms with Gasteiger partial charge in [-0.05, 0) is 20.3 Å². The van der Waals surface area contributed by atoms with Crippen LogP contribution in [0.15, 0.2) is 0 Å². The molecule has 92 valence electrons. The van der Waals surface area contributed by atoms with E-state index in [2.05, 4.69) is 0 Å². The number of ether oxygens (including phenoxy) is 2. The summed E-state index contributed by atoms with van der Waals surface area (Å²) in [6.45, 7) is 6.83. The van der Waals surface area contributed by atoms with Crippen molar-refractivity contribution in [3.05, 3.63) is 0 Å². The van der Waals surface area contributed by atoms with Crippen LogP contribution < -0.4 is 5.73 Å². The molecule has 0 amide bonds. The molecule has 5 nitrogen and oxygen atoms in total. The van der Waals surface area contributed by atoms with E-state index < -0.39 is 23.6 Å². The first-order valence-electron chi connectivity index (χ1n) is 5.47. The monoisotopic (exact) mass is 229 g/mol. The van der Waals surface area contributed by atoms with Crippen molar-refractivity contribution in [2.24, 2.45) is 11.7 Å². The van der Waals surface area contributed by atoms with Gasteiger partial charge in [-0.2, -0.15) is 0 Å². The molecule has 0 aromatic heterocycles. The summed E-state index contributed by atoms with van der Waals surface area (Å²) >= 11 is 0. The number of esters is 2. The van der Waals surface area contributed by atoms with E-state index in [4.69, 9.17) is 15.2 Å². The summed E-state index contributed by atoms with van der Waals surface area (Å²) < 4.78 is 10.2. The predicted octanol–water partition coefficient (Wildman–Crippen LogP) is 0.607. The van der Waals surface area contributed by atoms with Crippen molar-refractivity contribution in [3.63, 3.8) is 0 Å². The minimum atomic E-state index is -1.09. The van der Waals surface area contributed by atoms with E-state index >= 15 is 0 Å². The van der Waals surface area contributed by atoms with Crippen LogP contribution in [-0.2, 0) is 19.1 Å². The van der Waals surface area contributed by atoms with Crippen molar-refractivity contribution in [1.29, 1.82) is 0 Å². The van der Waals surface area contributed by atoms with Gasteiger partial charge in [0.2, 0.25) is 6.10 Å². The Kier molecular flexibility index (Phi) is 3.57. The zero-order chi connectivity index (χ0) is 12.5. The lowest BCUT2D eigenvalue weighted by atomic mass is 9.99. The minimum Gasteiger partial charge on any atom is -0.459 e. The first-order chi connectivity index (χ1) is 7.27. The fraction of sp³-hybridized carbons (Fsp3) is 0.818. The van der Waals surface area contributed by atoms with Gasteiger partial charge in [0.1, 0.15) is 11.6 Å². The van der Waals surface area contributed by atoms with Crippen molar-refractivity contribution >= 4 is 11.9 Å². The van der Waals surface area contributed by atoms with Gasteiger partial charge < -0.3 is 15.2 Å². The molecular weight excluding hydrogens is 210 g/mol. The third-order valence-electron chi connectivity index (χ3n) is 2.73. The number of rotatable bonds is 3. The average Bonchev–Trinajstić information content (AvgIpc) is 2.43. The van der Waals surface area contributed by atoms with Crippen molar-refractivity contribution in [1.82, 2.24) is 0 Å². The molecule has 1 heterocycles. The maximum Gasteiger partial charge on any atom is 0.348 e. The van der Waals surface area contributed by atoms with Crippen LogP contribution in [0.4, 0.5) is 0 Å². The van der Waals surface area contributed by atoms with Crippen molar-refractivity contribution < 1.29 is 19.1 Å². The van der Waals surface area contributed by atoms with E-state index in [1.54, 1.807) is 0 Å². The molecule has 3 unspecified atom stereocenters. The Balaban J connectivity index is 2.68. The quantitative estimate of drug-likeness (QED) is 0.717. The van der Waals surface area contributed by atoms with Gasteiger partial charge in [0, 0.05) is 5.92 Å². The number of nitrogens with two attached hydrogens (primary N) is 1. The van der Waals surface area contributed by atoms with E-state index in [0.29, 0.717) is 6.42 Å². The van der Waals surface area contributed by atoms with Gasteiger partial charge in [-0.1, -0.05) is 13.8 Å². The Hall–Kier alpha value is -1.10. The summed E-state index contributed by atoms with van der Waals surface area (Å²) in [4.78, 5) is 23.0. The Morgan fingerprint density at radius 3 is 2.50 bits per heavy atom. The minimum absolute atomic E-state index is 0.121. The van der Waals surface area contributed by atoms with E-state index in [1.165, 1.54) is 13.8 Å².